The monoisotopic (exact) mass is 369 g/mol. The molecule has 0 amide bonds. The molecular weight excluding hydrogens is 358 g/mol. The number of benzene rings is 1. The van der Waals surface area contributed by atoms with E-state index in [1.54, 1.807) is 36.6 Å². The van der Waals surface area contributed by atoms with Crippen LogP contribution < -0.4 is 0 Å². The van der Waals surface area contributed by atoms with E-state index in [-0.39, 0.29) is 12.4 Å². The Kier molecular flexibility index (Phi) is 7.64. The minimum atomic E-state index is -1.34. The first kappa shape index (κ1) is 17.3. The van der Waals surface area contributed by atoms with E-state index in [1.807, 2.05) is 0 Å². The molecular formula is C13H12BrN3O3S. The average Bonchev–Trinajstić information content (AvgIpc) is 2.47. The standard InChI is InChI=1S/C13H12BrN3O3S/c1-2-20-13(19)12(11(18)7-21-8-15)17-16-10-5-3-9(14)4-6-10/h3-6,12H,2,7H2,1H3. The van der Waals surface area contributed by atoms with Gasteiger partial charge in [-0.3, -0.25) is 4.79 Å². The molecule has 0 aromatic heterocycles. The number of ketones is 1. The van der Waals surface area contributed by atoms with Gasteiger partial charge in [-0.05, 0) is 43.0 Å². The summed E-state index contributed by atoms with van der Waals surface area (Å²) in [7, 11) is 0. The molecule has 1 aromatic carbocycles. The summed E-state index contributed by atoms with van der Waals surface area (Å²) in [5, 5.41) is 17.9. The number of azo groups is 1. The van der Waals surface area contributed by atoms with Crippen molar-refractivity contribution in [1.29, 1.82) is 5.26 Å². The largest absolute Gasteiger partial charge is 0.464 e. The Labute approximate surface area is 134 Å². The summed E-state index contributed by atoms with van der Waals surface area (Å²) in [6.45, 7) is 1.77. The third kappa shape index (κ3) is 6.06. The first-order chi connectivity index (χ1) is 10.1. The molecule has 0 fully saturated rings. The second-order valence-electron chi connectivity index (χ2n) is 3.69. The van der Waals surface area contributed by atoms with Gasteiger partial charge in [0.15, 0.2) is 5.78 Å². The van der Waals surface area contributed by atoms with Crippen molar-refractivity contribution in [1.82, 2.24) is 0 Å². The number of halogens is 1. The van der Waals surface area contributed by atoms with Crippen molar-refractivity contribution in [2.24, 2.45) is 10.2 Å². The number of nitrogens with zero attached hydrogens (tertiary/aromatic N) is 3. The van der Waals surface area contributed by atoms with E-state index in [9.17, 15) is 9.59 Å². The minimum absolute atomic E-state index is 0.140. The van der Waals surface area contributed by atoms with Crippen molar-refractivity contribution in [2.45, 2.75) is 13.0 Å². The van der Waals surface area contributed by atoms with Crippen LogP contribution in [0.15, 0.2) is 39.0 Å². The lowest BCUT2D eigenvalue weighted by Crippen LogP contribution is -2.31. The van der Waals surface area contributed by atoms with Crippen LogP contribution in [0.3, 0.4) is 0 Å². The number of thiocyanates is 1. The van der Waals surface area contributed by atoms with Gasteiger partial charge in [0.2, 0.25) is 6.04 Å². The van der Waals surface area contributed by atoms with Crippen LogP contribution >= 0.6 is 27.7 Å². The topological polar surface area (TPSA) is 91.9 Å². The Balaban J connectivity index is 2.85. The number of esters is 1. The highest BCUT2D eigenvalue weighted by molar-refractivity contribution is 9.10. The van der Waals surface area contributed by atoms with Crippen LogP contribution in [0.25, 0.3) is 0 Å². The van der Waals surface area contributed by atoms with Crippen LogP contribution in [-0.4, -0.2) is 30.2 Å². The van der Waals surface area contributed by atoms with Gasteiger partial charge in [-0.15, -0.1) is 0 Å². The van der Waals surface area contributed by atoms with E-state index in [0.717, 1.165) is 16.2 Å². The molecule has 21 heavy (non-hydrogen) atoms. The lowest BCUT2D eigenvalue weighted by Gasteiger charge is -2.08. The molecule has 110 valence electrons. The van der Waals surface area contributed by atoms with Crippen LogP contribution in [0.1, 0.15) is 6.92 Å². The maximum Gasteiger partial charge on any atom is 0.340 e. The fourth-order valence-corrected chi connectivity index (χ4v) is 1.91. The lowest BCUT2D eigenvalue weighted by atomic mass is 10.2. The van der Waals surface area contributed by atoms with Crippen LogP contribution in [0, 0.1) is 10.7 Å². The molecule has 8 heteroatoms. The summed E-state index contributed by atoms with van der Waals surface area (Å²) in [4.78, 5) is 23.6. The predicted molar refractivity (Wildman–Crippen MR) is 82.2 cm³/mol. The number of thioether (sulfide) groups is 1. The quantitative estimate of drug-likeness (QED) is 0.318. The molecule has 0 aliphatic heterocycles. The number of carbonyl (C=O) groups excluding carboxylic acids is 2. The summed E-state index contributed by atoms with van der Waals surface area (Å²) in [5.74, 6) is -1.41. The van der Waals surface area contributed by atoms with Gasteiger partial charge >= 0.3 is 5.97 Å². The number of hydrogen-bond acceptors (Lipinski definition) is 7. The van der Waals surface area contributed by atoms with Gasteiger partial charge in [-0.25, -0.2) is 4.79 Å². The Morgan fingerprint density at radius 3 is 2.67 bits per heavy atom. The second kappa shape index (κ2) is 9.26. The Bertz CT molecular complexity index is 569. The highest BCUT2D eigenvalue weighted by atomic mass is 79.9. The van der Waals surface area contributed by atoms with Crippen molar-refractivity contribution < 1.29 is 14.3 Å². The minimum Gasteiger partial charge on any atom is -0.464 e. The third-order valence-corrected chi connectivity index (χ3v) is 3.30. The highest BCUT2D eigenvalue weighted by Gasteiger charge is 2.27. The van der Waals surface area contributed by atoms with Crippen molar-refractivity contribution in [2.75, 3.05) is 12.4 Å². The summed E-state index contributed by atoms with van der Waals surface area (Å²) in [6, 6.07) is 5.56. The van der Waals surface area contributed by atoms with E-state index in [4.69, 9.17) is 10.00 Å². The van der Waals surface area contributed by atoms with E-state index in [2.05, 4.69) is 26.2 Å². The number of nitriles is 1. The summed E-state index contributed by atoms with van der Waals surface area (Å²) < 4.78 is 5.68. The SMILES string of the molecule is CCOC(=O)C(N=Nc1ccc(Br)cc1)C(=O)CSC#N. The zero-order valence-corrected chi connectivity index (χ0v) is 13.6. The first-order valence-corrected chi connectivity index (χ1v) is 7.73. The summed E-state index contributed by atoms with van der Waals surface area (Å²) in [6.07, 6.45) is 0. The van der Waals surface area contributed by atoms with Gasteiger partial charge in [0.1, 0.15) is 5.40 Å². The van der Waals surface area contributed by atoms with Crippen LogP contribution in [0.2, 0.25) is 0 Å². The summed E-state index contributed by atoms with van der Waals surface area (Å²) >= 11 is 4.03. The Morgan fingerprint density at radius 1 is 1.43 bits per heavy atom. The second-order valence-corrected chi connectivity index (χ2v) is 5.37. The van der Waals surface area contributed by atoms with E-state index in [1.165, 1.54) is 0 Å². The zero-order valence-electron chi connectivity index (χ0n) is 11.2. The molecule has 1 aromatic rings. The van der Waals surface area contributed by atoms with Crippen molar-refractivity contribution in [3.8, 4) is 5.40 Å². The average molecular weight is 370 g/mol. The molecule has 0 saturated heterocycles. The molecule has 1 atom stereocenters. The Morgan fingerprint density at radius 2 is 2.10 bits per heavy atom. The highest BCUT2D eigenvalue weighted by Crippen LogP contribution is 2.18. The molecule has 1 unspecified atom stereocenters. The maximum absolute atomic E-state index is 11.9. The number of ether oxygens (including phenoxy) is 1. The molecule has 0 heterocycles. The van der Waals surface area contributed by atoms with Crippen molar-refractivity contribution in [3.05, 3.63) is 28.7 Å². The van der Waals surface area contributed by atoms with Gasteiger partial charge in [0.05, 0.1) is 18.0 Å². The molecule has 0 aliphatic carbocycles. The smallest absolute Gasteiger partial charge is 0.340 e. The lowest BCUT2D eigenvalue weighted by molar-refractivity contribution is -0.147. The molecule has 6 nitrogen and oxygen atoms in total. The van der Waals surface area contributed by atoms with Gasteiger partial charge in [0, 0.05) is 4.47 Å². The Hall–Kier alpha value is -1.72. The molecule has 0 N–H and O–H groups in total. The maximum atomic E-state index is 11.9. The fourth-order valence-electron chi connectivity index (χ4n) is 1.28. The molecule has 0 aliphatic rings. The predicted octanol–water partition coefficient (Wildman–Crippen LogP) is 3.25. The molecule has 0 saturated carbocycles. The van der Waals surface area contributed by atoms with Gasteiger partial charge in [-0.2, -0.15) is 15.5 Å². The summed E-state index contributed by atoms with van der Waals surface area (Å²) in [5.41, 5.74) is 0.508. The molecule has 0 spiro atoms. The van der Waals surface area contributed by atoms with E-state index in [0.29, 0.717) is 5.69 Å². The first-order valence-electron chi connectivity index (χ1n) is 5.95. The van der Waals surface area contributed by atoms with Gasteiger partial charge < -0.3 is 4.74 Å². The van der Waals surface area contributed by atoms with E-state index < -0.39 is 17.8 Å². The molecule has 0 bridgehead atoms. The number of hydrogen-bond donors (Lipinski definition) is 0. The van der Waals surface area contributed by atoms with Gasteiger partial charge in [0.25, 0.3) is 0 Å². The van der Waals surface area contributed by atoms with Crippen molar-refractivity contribution >= 4 is 45.1 Å². The van der Waals surface area contributed by atoms with Gasteiger partial charge in [-0.1, -0.05) is 15.9 Å². The number of Topliss-reactive ketones (excluding diaryl/α,β-unsaturated/α-hetero) is 1. The normalized spacial score (nSPS) is 11.9. The van der Waals surface area contributed by atoms with E-state index >= 15 is 0 Å². The van der Waals surface area contributed by atoms with Crippen LogP contribution in [0.5, 0.6) is 0 Å². The molecule has 1 rings (SSSR count). The number of rotatable bonds is 7. The number of carbonyl (C=O) groups is 2. The van der Waals surface area contributed by atoms with Crippen LogP contribution in [0.4, 0.5) is 5.69 Å². The zero-order chi connectivity index (χ0) is 15.7. The molecule has 0 radical (unpaired) electrons. The fraction of sp³-hybridized carbons (Fsp3) is 0.308. The van der Waals surface area contributed by atoms with Crippen molar-refractivity contribution in [3.63, 3.8) is 0 Å². The third-order valence-electron chi connectivity index (χ3n) is 2.21. The van der Waals surface area contributed by atoms with Crippen LogP contribution in [-0.2, 0) is 14.3 Å².